The molecule has 0 aliphatic heterocycles. The number of carbonyl (C=O) groups is 1. The van der Waals surface area contributed by atoms with E-state index >= 15 is 0 Å². The van der Waals surface area contributed by atoms with Gasteiger partial charge in [0.25, 0.3) is 0 Å². The number of amides is 1. The summed E-state index contributed by atoms with van der Waals surface area (Å²) in [6.45, 7) is 0.506. The van der Waals surface area contributed by atoms with E-state index in [4.69, 9.17) is 0 Å². The van der Waals surface area contributed by atoms with Crippen molar-refractivity contribution in [1.82, 2.24) is 9.88 Å². The first-order valence-electron chi connectivity index (χ1n) is 7.16. The highest BCUT2D eigenvalue weighted by Gasteiger charge is 2.30. The van der Waals surface area contributed by atoms with Gasteiger partial charge < -0.3 is 10.1 Å². The molecular weight excluding hydrogens is 403 g/mol. The summed E-state index contributed by atoms with van der Waals surface area (Å²) >= 11 is 3.26. The average molecular weight is 418 g/mol. The van der Waals surface area contributed by atoms with Crippen molar-refractivity contribution in [2.75, 3.05) is 18.9 Å². The number of anilines is 1. The van der Waals surface area contributed by atoms with Gasteiger partial charge in [0.05, 0.1) is 6.54 Å². The van der Waals surface area contributed by atoms with Crippen molar-refractivity contribution in [2.24, 2.45) is 0 Å². The molecule has 0 spiro atoms. The van der Waals surface area contributed by atoms with E-state index in [0.29, 0.717) is 12.4 Å². The van der Waals surface area contributed by atoms with E-state index in [2.05, 4.69) is 31.0 Å². The minimum atomic E-state index is -4.71. The highest BCUT2D eigenvalue weighted by Crippen LogP contribution is 2.23. The van der Waals surface area contributed by atoms with Crippen LogP contribution in [0.5, 0.6) is 5.75 Å². The molecule has 0 saturated carbocycles. The first-order chi connectivity index (χ1) is 11.7. The third kappa shape index (κ3) is 7.10. The van der Waals surface area contributed by atoms with Crippen molar-refractivity contribution >= 4 is 27.7 Å². The summed E-state index contributed by atoms with van der Waals surface area (Å²) in [6, 6.07) is 8.95. The van der Waals surface area contributed by atoms with Gasteiger partial charge in [0, 0.05) is 17.2 Å². The van der Waals surface area contributed by atoms with Gasteiger partial charge in [-0.2, -0.15) is 0 Å². The molecule has 0 unspecified atom stereocenters. The van der Waals surface area contributed by atoms with Crippen LogP contribution in [0.3, 0.4) is 0 Å². The number of hydrogen-bond acceptors (Lipinski definition) is 4. The summed E-state index contributed by atoms with van der Waals surface area (Å²) < 4.78 is 41.0. The predicted octanol–water partition coefficient (Wildman–Crippen LogP) is 3.81. The van der Waals surface area contributed by atoms with E-state index in [1.807, 2.05) is 0 Å². The van der Waals surface area contributed by atoms with Gasteiger partial charge in [0.2, 0.25) is 5.91 Å². The number of aromatic nitrogens is 1. The molecule has 0 fully saturated rings. The molecule has 9 heteroatoms. The Bertz CT molecular complexity index is 706. The number of nitrogens with zero attached hydrogens (tertiary/aromatic N) is 2. The van der Waals surface area contributed by atoms with Crippen LogP contribution < -0.4 is 10.1 Å². The van der Waals surface area contributed by atoms with Crippen molar-refractivity contribution in [3.63, 3.8) is 0 Å². The quantitative estimate of drug-likeness (QED) is 0.776. The van der Waals surface area contributed by atoms with Crippen molar-refractivity contribution in [3.05, 3.63) is 52.6 Å². The van der Waals surface area contributed by atoms with Gasteiger partial charge in [0.1, 0.15) is 11.6 Å². The minimum Gasteiger partial charge on any atom is -0.406 e. The lowest BCUT2D eigenvalue weighted by atomic mass is 10.2. The number of likely N-dealkylation sites (N-methyl/N-ethyl adjacent to an activating group) is 1. The van der Waals surface area contributed by atoms with Crippen LogP contribution in [0, 0.1) is 0 Å². The van der Waals surface area contributed by atoms with Crippen LogP contribution in [0.15, 0.2) is 47.1 Å². The monoisotopic (exact) mass is 417 g/mol. The third-order valence-electron chi connectivity index (χ3n) is 3.02. The lowest BCUT2D eigenvalue weighted by Crippen LogP contribution is -2.30. The second-order valence-electron chi connectivity index (χ2n) is 5.27. The van der Waals surface area contributed by atoms with Crippen molar-refractivity contribution < 1.29 is 22.7 Å². The highest BCUT2D eigenvalue weighted by atomic mass is 79.9. The molecule has 2 aromatic rings. The first-order valence-corrected chi connectivity index (χ1v) is 7.95. The standard InChI is InChI=1S/C16H15BrF3N3O2/c1-23(10-15(24)22-14-7-4-12(17)8-21-14)9-11-2-5-13(6-3-11)25-16(18,19)20/h2-8H,9-10H2,1H3,(H,21,22,24). The maximum absolute atomic E-state index is 12.1. The molecule has 0 aliphatic rings. The Morgan fingerprint density at radius 2 is 1.92 bits per heavy atom. The fourth-order valence-electron chi connectivity index (χ4n) is 2.04. The predicted molar refractivity (Wildman–Crippen MR) is 90.0 cm³/mol. The normalized spacial score (nSPS) is 11.4. The topological polar surface area (TPSA) is 54.5 Å². The molecule has 1 amide bonds. The Morgan fingerprint density at radius 3 is 2.48 bits per heavy atom. The number of nitrogens with one attached hydrogen (secondary N) is 1. The zero-order valence-electron chi connectivity index (χ0n) is 13.2. The number of hydrogen-bond donors (Lipinski definition) is 1. The highest BCUT2D eigenvalue weighted by molar-refractivity contribution is 9.10. The molecule has 0 atom stereocenters. The summed E-state index contributed by atoms with van der Waals surface area (Å²) in [7, 11) is 1.73. The Balaban J connectivity index is 1.83. The SMILES string of the molecule is CN(CC(=O)Nc1ccc(Br)cn1)Cc1ccc(OC(F)(F)F)cc1. The summed E-state index contributed by atoms with van der Waals surface area (Å²) in [4.78, 5) is 17.7. The maximum atomic E-state index is 12.1. The average Bonchev–Trinajstić information content (AvgIpc) is 2.50. The fraction of sp³-hybridized carbons (Fsp3) is 0.250. The number of ether oxygens (including phenoxy) is 1. The Hall–Kier alpha value is -2.13. The fourth-order valence-corrected chi connectivity index (χ4v) is 2.28. The van der Waals surface area contributed by atoms with Gasteiger partial charge in [-0.25, -0.2) is 4.98 Å². The smallest absolute Gasteiger partial charge is 0.406 e. The van der Waals surface area contributed by atoms with Crippen LogP contribution >= 0.6 is 15.9 Å². The largest absolute Gasteiger partial charge is 0.573 e. The van der Waals surface area contributed by atoms with Crippen molar-refractivity contribution in [3.8, 4) is 5.75 Å². The molecular formula is C16H15BrF3N3O2. The lowest BCUT2D eigenvalue weighted by molar-refractivity contribution is -0.274. The summed E-state index contributed by atoms with van der Waals surface area (Å²) in [5.41, 5.74) is 0.756. The molecule has 5 nitrogen and oxygen atoms in total. The number of halogens is 4. The van der Waals surface area contributed by atoms with Crippen molar-refractivity contribution in [1.29, 1.82) is 0 Å². The number of rotatable bonds is 6. The van der Waals surface area contributed by atoms with Crippen LogP contribution in [0.1, 0.15) is 5.56 Å². The van der Waals surface area contributed by atoms with E-state index in [1.54, 1.807) is 30.3 Å². The number of pyridine rings is 1. The van der Waals surface area contributed by atoms with Crippen LogP contribution in [0.4, 0.5) is 19.0 Å². The van der Waals surface area contributed by atoms with E-state index in [-0.39, 0.29) is 18.2 Å². The van der Waals surface area contributed by atoms with Crippen LogP contribution in [0.2, 0.25) is 0 Å². The summed E-state index contributed by atoms with van der Waals surface area (Å²) in [5.74, 6) is -0.0810. The molecule has 0 saturated heterocycles. The van der Waals surface area contributed by atoms with Gasteiger partial charge in [-0.1, -0.05) is 12.1 Å². The van der Waals surface area contributed by atoms with Gasteiger partial charge >= 0.3 is 6.36 Å². The molecule has 1 heterocycles. The molecule has 1 N–H and O–H groups in total. The van der Waals surface area contributed by atoms with Gasteiger partial charge in [-0.15, -0.1) is 13.2 Å². The van der Waals surface area contributed by atoms with Crippen LogP contribution in [-0.2, 0) is 11.3 Å². The third-order valence-corrected chi connectivity index (χ3v) is 3.49. The molecule has 1 aromatic heterocycles. The van der Waals surface area contributed by atoms with Gasteiger partial charge in [-0.05, 0) is 52.8 Å². The van der Waals surface area contributed by atoms with E-state index in [9.17, 15) is 18.0 Å². The Labute approximate surface area is 150 Å². The number of benzene rings is 1. The van der Waals surface area contributed by atoms with Crippen molar-refractivity contribution in [2.45, 2.75) is 12.9 Å². The number of alkyl halides is 3. The van der Waals surface area contributed by atoms with Gasteiger partial charge in [-0.3, -0.25) is 9.69 Å². The van der Waals surface area contributed by atoms with Crippen LogP contribution in [-0.4, -0.2) is 35.7 Å². The molecule has 1 aromatic carbocycles. The summed E-state index contributed by atoms with van der Waals surface area (Å²) in [5, 5.41) is 2.66. The van der Waals surface area contributed by atoms with Gasteiger partial charge in [0.15, 0.2) is 0 Å². The molecule has 0 bridgehead atoms. The Morgan fingerprint density at radius 1 is 1.24 bits per heavy atom. The van der Waals surface area contributed by atoms with E-state index in [0.717, 1.165) is 10.0 Å². The zero-order valence-corrected chi connectivity index (χ0v) is 14.8. The second kappa shape index (κ2) is 8.30. The van der Waals surface area contributed by atoms with Crippen LogP contribution in [0.25, 0.3) is 0 Å². The first kappa shape index (κ1) is 19.2. The lowest BCUT2D eigenvalue weighted by Gasteiger charge is -2.16. The maximum Gasteiger partial charge on any atom is 0.573 e. The molecule has 2 rings (SSSR count). The molecule has 0 aliphatic carbocycles. The number of carbonyl (C=O) groups excluding carboxylic acids is 1. The molecule has 134 valence electrons. The molecule has 25 heavy (non-hydrogen) atoms. The van der Waals surface area contributed by atoms with E-state index in [1.165, 1.54) is 24.3 Å². The molecule has 0 radical (unpaired) electrons. The zero-order chi connectivity index (χ0) is 18.4. The second-order valence-corrected chi connectivity index (χ2v) is 6.19. The van der Waals surface area contributed by atoms with E-state index < -0.39 is 6.36 Å². The summed E-state index contributed by atoms with van der Waals surface area (Å²) in [6.07, 6.45) is -3.14. The minimum absolute atomic E-state index is 0.110. The Kier molecular flexibility index (Phi) is 6.38.